The molecule has 2 aromatic rings. The van der Waals surface area contributed by atoms with Crippen molar-refractivity contribution in [3.63, 3.8) is 0 Å². The third-order valence-electron chi connectivity index (χ3n) is 5.57. The second-order valence-electron chi connectivity index (χ2n) is 9.09. The van der Waals surface area contributed by atoms with Crippen LogP contribution in [0.15, 0.2) is 36.4 Å². The maximum Gasteiger partial charge on any atom is 0.193 e. The first-order valence-corrected chi connectivity index (χ1v) is 10.2. The third-order valence-corrected chi connectivity index (χ3v) is 5.83. The first-order chi connectivity index (χ1) is 13.1. The first kappa shape index (κ1) is 20.8. The number of nitrogens with one attached hydrogen (secondary N) is 1. The average Bonchev–Trinajstić information content (AvgIpc) is 2.63. The molecule has 1 aliphatic heterocycles. The minimum atomic E-state index is -0.267. The van der Waals surface area contributed by atoms with Crippen LogP contribution in [0.3, 0.4) is 0 Å². The number of likely N-dealkylation sites (N-methyl/N-ethyl adjacent to an activating group) is 1. The Morgan fingerprint density at radius 2 is 1.71 bits per heavy atom. The number of hydrogen-bond acceptors (Lipinski definition) is 3. The smallest absolute Gasteiger partial charge is 0.193 e. The molecule has 0 atom stereocenters. The van der Waals surface area contributed by atoms with E-state index in [0.29, 0.717) is 28.4 Å². The Bertz CT molecular complexity index is 863. The van der Waals surface area contributed by atoms with Crippen molar-refractivity contribution in [3.8, 4) is 5.75 Å². The minimum Gasteiger partial charge on any atom is -0.507 e. The van der Waals surface area contributed by atoms with Gasteiger partial charge in [-0.2, -0.15) is 0 Å². The second-order valence-corrected chi connectivity index (χ2v) is 9.53. The molecule has 1 fully saturated rings. The molecule has 5 heteroatoms. The van der Waals surface area contributed by atoms with Crippen LogP contribution < -0.4 is 5.32 Å². The molecule has 2 N–H and O–H groups in total. The number of phenolic OH excluding ortho intramolecular Hbond substituents is 1. The number of rotatable bonds is 4. The summed E-state index contributed by atoms with van der Waals surface area (Å²) in [5, 5.41) is 15.0. The van der Waals surface area contributed by atoms with E-state index in [1.54, 1.807) is 24.3 Å². The first-order valence-electron chi connectivity index (χ1n) is 9.80. The van der Waals surface area contributed by atoms with Gasteiger partial charge in [0.15, 0.2) is 5.78 Å². The summed E-state index contributed by atoms with van der Waals surface area (Å²) in [6, 6.07) is 10.7. The van der Waals surface area contributed by atoms with Gasteiger partial charge in [0.1, 0.15) is 12.3 Å². The van der Waals surface area contributed by atoms with Gasteiger partial charge in [0.05, 0.1) is 20.1 Å². The van der Waals surface area contributed by atoms with Crippen LogP contribution in [0.25, 0.3) is 0 Å². The lowest BCUT2D eigenvalue weighted by atomic mass is 9.83. The van der Waals surface area contributed by atoms with Gasteiger partial charge in [-0.25, -0.2) is 0 Å². The van der Waals surface area contributed by atoms with Crippen LogP contribution in [0.5, 0.6) is 5.75 Å². The summed E-state index contributed by atoms with van der Waals surface area (Å²) in [7, 11) is 2.21. The molecular weight excluding hydrogens is 372 g/mol. The van der Waals surface area contributed by atoms with Crippen LogP contribution in [0.1, 0.15) is 47.8 Å². The molecule has 1 saturated heterocycles. The Kier molecular flexibility index (Phi) is 5.85. The molecule has 0 amide bonds. The number of hydrogen-bond donors (Lipinski definition) is 2. The van der Waals surface area contributed by atoms with E-state index in [-0.39, 0.29) is 11.2 Å². The van der Waals surface area contributed by atoms with Crippen molar-refractivity contribution in [2.75, 3.05) is 33.2 Å². The molecule has 3 rings (SSSR count). The van der Waals surface area contributed by atoms with Gasteiger partial charge in [0.2, 0.25) is 0 Å². The summed E-state index contributed by atoms with van der Waals surface area (Å²) >= 11 is 5.97. The van der Waals surface area contributed by atoms with Crippen LogP contribution in [-0.4, -0.2) is 48.6 Å². The average molecular weight is 402 g/mol. The summed E-state index contributed by atoms with van der Waals surface area (Å²) in [4.78, 5) is 13.1. The van der Waals surface area contributed by atoms with E-state index in [0.717, 1.165) is 41.8 Å². The van der Waals surface area contributed by atoms with E-state index in [4.69, 9.17) is 11.6 Å². The second kappa shape index (κ2) is 7.86. The molecule has 0 radical (unpaired) electrons. The predicted molar refractivity (Wildman–Crippen MR) is 114 cm³/mol. The number of halogens is 1. The zero-order chi connectivity index (χ0) is 20.5. The molecule has 28 heavy (non-hydrogen) atoms. The van der Waals surface area contributed by atoms with Gasteiger partial charge in [0, 0.05) is 40.4 Å². The number of benzene rings is 2. The van der Waals surface area contributed by atoms with Crippen LogP contribution in [0.2, 0.25) is 5.02 Å². The van der Waals surface area contributed by atoms with Gasteiger partial charge in [0.25, 0.3) is 0 Å². The molecular formula is C23H30ClN2O2+. The van der Waals surface area contributed by atoms with E-state index in [2.05, 4.69) is 33.1 Å². The van der Waals surface area contributed by atoms with E-state index in [9.17, 15) is 9.90 Å². The Morgan fingerprint density at radius 3 is 2.29 bits per heavy atom. The zero-order valence-electron chi connectivity index (χ0n) is 17.2. The van der Waals surface area contributed by atoms with Crippen molar-refractivity contribution >= 4 is 17.4 Å². The van der Waals surface area contributed by atoms with Crippen LogP contribution in [-0.2, 0) is 12.0 Å². The van der Waals surface area contributed by atoms with Gasteiger partial charge < -0.3 is 14.9 Å². The summed E-state index contributed by atoms with van der Waals surface area (Å²) in [6.07, 6.45) is 0. The molecule has 2 aromatic carbocycles. The highest BCUT2D eigenvalue weighted by Gasteiger charge is 2.29. The van der Waals surface area contributed by atoms with E-state index in [1.165, 1.54) is 0 Å². The van der Waals surface area contributed by atoms with Gasteiger partial charge >= 0.3 is 0 Å². The van der Waals surface area contributed by atoms with Crippen molar-refractivity contribution in [3.05, 3.63) is 63.7 Å². The Hall–Kier alpha value is -1.88. The zero-order valence-corrected chi connectivity index (χ0v) is 17.9. The monoisotopic (exact) mass is 401 g/mol. The topological polar surface area (TPSA) is 49.3 Å². The molecule has 1 heterocycles. The summed E-state index contributed by atoms with van der Waals surface area (Å²) in [5.74, 6) is 0.268. The van der Waals surface area contributed by atoms with Crippen molar-refractivity contribution < 1.29 is 14.4 Å². The summed E-state index contributed by atoms with van der Waals surface area (Å²) in [6.45, 7) is 10.8. The number of phenols is 1. The number of nitrogens with zero attached hydrogens (tertiary/aromatic N) is 1. The Labute approximate surface area is 172 Å². The van der Waals surface area contributed by atoms with Gasteiger partial charge in [-0.3, -0.25) is 4.79 Å². The standard InChI is InChI=1S/C23H29ClN2O2/c1-23(2,3)20-14-17(21(27)16-5-7-19(24)8-6-16)13-18(22(20)28)15-26(4)11-9-25-10-12-26/h5-8,13-14,25H,9-12,15H2,1-4H3/p+1. The molecule has 0 aromatic heterocycles. The molecule has 4 nitrogen and oxygen atoms in total. The fourth-order valence-corrected chi connectivity index (χ4v) is 3.92. The highest BCUT2D eigenvalue weighted by Crippen LogP contribution is 2.36. The normalized spacial score (nSPS) is 16.8. The SMILES string of the molecule is CC(C)(C)c1cc(C(=O)c2ccc(Cl)cc2)cc(C[N+]2(C)CCNCC2)c1O. The number of piperazine rings is 1. The maximum absolute atomic E-state index is 13.1. The lowest BCUT2D eigenvalue weighted by Crippen LogP contribution is -2.55. The molecule has 1 aliphatic rings. The number of aromatic hydroxyl groups is 1. The van der Waals surface area contributed by atoms with E-state index >= 15 is 0 Å². The fourth-order valence-electron chi connectivity index (χ4n) is 3.79. The largest absolute Gasteiger partial charge is 0.507 e. The lowest BCUT2D eigenvalue weighted by Gasteiger charge is -2.38. The number of quaternary nitrogens is 1. The highest BCUT2D eigenvalue weighted by molar-refractivity contribution is 6.30. The van der Waals surface area contributed by atoms with Crippen molar-refractivity contribution in [2.45, 2.75) is 32.7 Å². The van der Waals surface area contributed by atoms with E-state index in [1.807, 2.05) is 12.1 Å². The molecule has 0 aliphatic carbocycles. The van der Waals surface area contributed by atoms with E-state index < -0.39 is 0 Å². The highest BCUT2D eigenvalue weighted by atomic mass is 35.5. The molecule has 0 bridgehead atoms. The number of carbonyl (C=O) groups excluding carboxylic acids is 1. The number of carbonyl (C=O) groups is 1. The number of ketones is 1. The summed E-state index contributed by atoms with van der Waals surface area (Å²) < 4.78 is 0.850. The van der Waals surface area contributed by atoms with Crippen LogP contribution >= 0.6 is 11.6 Å². The molecule has 0 spiro atoms. The molecule has 0 saturated carbocycles. The predicted octanol–water partition coefficient (Wildman–Crippen LogP) is 4.12. The van der Waals surface area contributed by atoms with Gasteiger partial charge in [-0.05, 0) is 41.8 Å². The van der Waals surface area contributed by atoms with Gasteiger partial charge in [-0.15, -0.1) is 0 Å². The minimum absolute atomic E-state index is 0.0496. The quantitative estimate of drug-likeness (QED) is 0.598. The lowest BCUT2D eigenvalue weighted by molar-refractivity contribution is -0.924. The van der Waals surface area contributed by atoms with Crippen molar-refractivity contribution in [2.24, 2.45) is 0 Å². The third kappa shape index (κ3) is 4.57. The molecule has 0 unspecified atom stereocenters. The van der Waals surface area contributed by atoms with Gasteiger partial charge in [-0.1, -0.05) is 32.4 Å². The van der Waals surface area contributed by atoms with Crippen molar-refractivity contribution in [1.82, 2.24) is 5.32 Å². The molecule has 150 valence electrons. The van der Waals surface area contributed by atoms with Crippen molar-refractivity contribution in [1.29, 1.82) is 0 Å². The Morgan fingerprint density at radius 1 is 1.11 bits per heavy atom. The Balaban J connectivity index is 2.05. The summed E-state index contributed by atoms with van der Waals surface area (Å²) in [5.41, 5.74) is 2.60. The van der Waals surface area contributed by atoms with Crippen LogP contribution in [0.4, 0.5) is 0 Å². The maximum atomic E-state index is 13.1. The van der Waals surface area contributed by atoms with Crippen LogP contribution in [0, 0.1) is 0 Å². The fraction of sp³-hybridized carbons (Fsp3) is 0.435.